The molecule has 1 amide bonds. The molecule has 0 aliphatic heterocycles. The molecule has 21 heavy (non-hydrogen) atoms. The average molecular weight is 291 g/mol. The Labute approximate surface area is 124 Å². The van der Waals surface area contributed by atoms with Crippen molar-refractivity contribution in [3.63, 3.8) is 0 Å². The van der Waals surface area contributed by atoms with Crippen molar-refractivity contribution in [1.29, 1.82) is 0 Å². The summed E-state index contributed by atoms with van der Waals surface area (Å²) in [5, 5.41) is 12.9. The van der Waals surface area contributed by atoms with Gasteiger partial charge in [0.15, 0.2) is 0 Å². The lowest BCUT2D eigenvalue weighted by Crippen LogP contribution is -2.41. The third-order valence-electron chi connectivity index (χ3n) is 5.02. The van der Waals surface area contributed by atoms with Crippen LogP contribution in [0, 0.1) is 17.7 Å². The van der Waals surface area contributed by atoms with Gasteiger partial charge >= 0.3 is 0 Å². The van der Waals surface area contributed by atoms with Crippen LogP contribution in [0.1, 0.15) is 49.8 Å². The number of aliphatic hydroxyl groups excluding tert-OH is 1. The van der Waals surface area contributed by atoms with Gasteiger partial charge in [-0.15, -0.1) is 0 Å². The Balaban J connectivity index is 1.82. The Hall–Kier alpha value is -1.42. The summed E-state index contributed by atoms with van der Waals surface area (Å²) in [6.07, 6.45) is 3.39. The van der Waals surface area contributed by atoms with Crippen molar-refractivity contribution in [2.24, 2.45) is 11.8 Å². The molecule has 114 valence electrons. The molecule has 3 rings (SSSR count). The molecule has 0 bridgehead atoms. The molecule has 4 unspecified atom stereocenters. The smallest absolute Gasteiger partial charge is 0.226 e. The fourth-order valence-electron chi connectivity index (χ4n) is 3.70. The van der Waals surface area contributed by atoms with Crippen LogP contribution in [-0.4, -0.2) is 17.1 Å². The molecule has 1 aromatic carbocycles. The molecule has 1 fully saturated rings. The maximum absolute atomic E-state index is 13.9. The van der Waals surface area contributed by atoms with Gasteiger partial charge in [0, 0.05) is 0 Å². The highest BCUT2D eigenvalue weighted by Crippen LogP contribution is 2.36. The van der Waals surface area contributed by atoms with Crippen molar-refractivity contribution in [1.82, 2.24) is 5.32 Å². The molecule has 4 heteroatoms. The van der Waals surface area contributed by atoms with Crippen LogP contribution in [0.5, 0.6) is 0 Å². The zero-order valence-corrected chi connectivity index (χ0v) is 12.3. The number of hydrogen-bond acceptors (Lipinski definition) is 2. The van der Waals surface area contributed by atoms with Gasteiger partial charge in [-0.05, 0) is 55.2 Å². The van der Waals surface area contributed by atoms with E-state index in [4.69, 9.17) is 0 Å². The number of carbonyl (C=O) groups is 1. The molecule has 1 saturated carbocycles. The molecule has 2 aliphatic rings. The van der Waals surface area contributed by atoms with Crippen LogP contribution in [-0.2, 0) is 11.2 Å². The topological polar surface area (TPSA) is 49.3 Å². The van der Waals surface area contributed by atoms with Crippen LogP contribution in [0.15, 0.2) is 18.2 Å². The minimum atomic E-state index is -0.532. The van der Waals surface area contributed by atoms with Crippen LogP contribution in [0.2, 0.25) is 0 Å². The first kappa shape index (κ1) is 14.5. The van der Waals surface area contributed by atoms with Crippen molar-refractivity contribution in [3.8, 4) is 0 Å². The second kappa shape index (κ2) is 5.76. The summed E-state index contributed by atoms with van der Waals surface area (Å²) in [5.41, 5.74) is 1.63. The lowest BCUT2D eigenvalue weighted by atomic mass is 9.80. The van der Waals surface area contributed by atoms with E-state index in [9.17, 15) is 14.3 Å². The first-order chi connectivity index (χ1) is 10.1. The van der Waals surface area contributed by atoms with Crippen molar-refractivity contribution in [2.75, 3.05) is 0 Å². The van der Waals surface area contributed by atoms with Gasteiger partial charge in [0.1, 0.15) is 5.82 Å². The van der Waals surface area contributed by atoms with Gasteiger partial charge in [0.2, 0.25) is 5.91 Å². The molecule has 3 nitrogen and oxygen atoms in total. The second-order valence-corrected chi connectivity index (χ2v) is 6.41. The first-order valence-corrected chi connectivity index (χ1v) is 7.83. The molecule has 2 N–H and O–H groups in total. The van der Waals surface area contributed by atoms with E-state index in [1.165, 1.54) is 6.07 Å². The molecular weight excluding hydrogens is 269 g/mol. The number of aliphatic hydroxyl groups is 1. The van der Waals surface area contributed by atoms with Crippen LogP contribution in [0.25, 0.3) is 0 Å². The molecule has 1 aromatic rings. The van der Waals surface area contributed by atoms with Gasteiger partial charge in [-0.1, -0.05) is 19.1 Å². The summed E-state index contributed by atoms with van der Waals surface area (Å²) >= 11 is 0. The van der Waals surface area contributed by atoms with E-state index in [1.54, 1.807) is 6.07 Å². The summed E-state index contributed by atoms with van der Waals surface area (Å²) in [7, 11) is 0. The Kier molecular flexibility index (Phi) is 3.98. The quantitative estimate of drug-likeness (QED) is 0.880. The predicted molar refractivity (Wildman–Crippen MR) is 78.1 cm³/mol. The highest BCUT2D eigenvalue weighted by atomic mass is 19.1. The van der Waals surface area contributed by atoms with E-state index >= 15 is 0 Å². The van der Waals surface area contributed by atoms with E-state index in [-0.39, 0.29) is 29.6 Å². The number of benzene rings is 1. The zero-order valence-electron chi connectivity index (χ0n) is 12.3. The Morgan fingerprint density at radius 2 is 2.14 bits per heavy atom. The van der Waals surface area contributed by atoms with Crippen molar-refractivity contribution in [2.45, 2.75) is 51.2 Å². The summed E-state index contributed by atoms with van der Waals surface area (Å²) in [4.78, 5) is 12.4. The third kappa shape index (κ3) is 2.69. The van der Waals surface area contributed by atoms with Gasteiger partial charge in [-0.2, -0.15) is 0 Å². The maximum atomic E-state index is 13.9. The largest absolute Gasteiger partial charge is 0.392 e. The zero-order chi connectivity index (χ0) is 15.0. The summed E-state index contributed by atoms with van der Waals surface area (Å²) in [5.74, 6) is -0.300. The molecule has 0 aromatic heterocycles. The Bertz CT molecular complexity index is 546. The number of amides is 1. The molecule has 2 aliphatic carbocycles. The van der Waals surface area contributed by atoms with E-state index in [0.29, 0.717) is 6.42 Å². The normalized spacial score (nSPS) is 31.8. The van der Waals surface area contributed by atoms with E-state index in [2.05, 4.69) is 12.2 Å². The molecule has 0 radical (unpaired) electrons. The average Bonchev–Trinajstić information content (AvgIpc) is 2.88. The fraction of sp³-hybridized carbons (Fsp3) is 0.588. The number of nitrogens with one attached hydrogen (secondary N) is 1. The fourth-order valence-corrected chi connectivity index (χ4v) is 3.70. The molecule has 0 heterocycles. The van der Waals surface area contributed by atoms with Gasteiger partial charge in [0.05, 0.1) is 18.1 Å². The molecule has 4 atom stereocenters. The van der Waals surface area contributed by atoms with Crippen LogP contribution >= 0.6 is 0 Å². The van der Waals surface area contributed by atoms with Crippen molar-refractivity contribution in [3.05, 3.63) is 35.1 Å². The van der Waals surface area contributed by atoms with Crippen molar-refractivity contribution >= 4 is 5.91 Å². The molecule has 0 spiro atoms. The summed E-state index contributed by atoms with van der Waals surface area (Å²) < 4.78 is 13.9. The summed E-state index contributed by atoms with van der Waals surface area (Å²) in [6, 6.07) is 4.94. The van der Waals surface area contributed by atoms with Crippen LogP contribution in [0.3, 0.4) is 0 Å². The SMILES string of the molecule is CC1CCc2c(F)cccc2C1NC(=O)C1CCCC1O. The minimum absolute atomic E-state index is 0.0889. The van der Waals surface area contributed by atoms with Crippen LogP contribution < -0.4 is 5.32 Å². The summed E-state index contributed by atoms with van der Waals surface area (Å²) in [6.45, 7) is 2.09. The number of rotatable bonds is 2. The van der Waals surface area contributed by atoms with Crippen LogP contribution in [0.4, 0.5) is 4.39 Å². The van der Waals surface area contributed by atoms with Gasteiger partial charge in [0.25, 0.3) is 0 Å². The van der Waals surface area contributed by atoms with E-state index < -0.39 is 6.10 Å². The molecular formula is C17H22FNO2. The van der Waals surface area contributed by atoms with Gasteiger partial charge in [-0.3, -0.25) is 4.79 Å². The van der Waals surface area contributed by atoms with E-state index in [1.807, 2.05) is 6.07 Å². The maximum Gasteiger partial charge on any atom is 0.226 e. The number of hydrogen-bond donors (Lipinski definition) is 2. The third-order valence-corrected chi connectivity index (χ3v) is 5.02. The lowest BCUT2D eigenvalue weighted by molar-refractivity contribution is -0.128. The molecule has 0 saturated heterocycles. The second-order valence-electron chi connectivity index (χ2n) is 6.41. The highest BCUT2D eigenvalue weighted by molar-refractivity contribution is 5.80. The van der Waals surface area contributed by atoms with Gasteiger partial charge in [-0.25, -0.2) is 4.39 Å². The monoisotopic (exact) mass is 291 g/mol. The van der Waals surface area contributed by atoms with Crippen molar-refractivity contribution < 1.29 is 14.3 Å². The Morgan fingerprint density at radius 1 is 1.33 bits per heavy atom. The number of halogens is 1. The minimum Gasteiger partial charge on any atom is -0.392 e. The number of fused-ring (bicyclic) bond motifs is 1. The van der Waals surface area contributed by atoms with Gasteiger partial charge < -0.3 is 10.4 Å². The predicted octanol–water partition coefficient (Wildman–Crippen LogP) is 2.73. The first-order valence-electron chi connectivity index (χ1n) is 7.83. The standard InChI is InChI=1S/C17H22FNO2/c1-10-8-9-11-12(4-2-6-14(11)18)16(10)19-17(21)13-5-3-7-15(13)20/h2,4,6,10,13,15-16,20H,3,5,7-9H2,1H3,(H,19,21). The highest BCUT2D eigenvalue weighted by Gasteiger charge is 2.35. The lowest BCUT2D eigenvalue weighted by Gasteiger charge is -2.33. The van der Waals surface area contributed by atoms with E-state index in [0.717, 1.165) is 36.8 Å². The number of carbonyl (C=O) groups excluding carboxylic acids is 1. The Morgan fingerprint density at radius 3 is 2.86 bits per heavy atom.